The highest BCUT2D eigenvalue weighted by atomic mass is 79.9. The quantitative estimate of drug-likeness (QED) is 0.208. The van der Waals surface area contributed by atoms with Crippen molar-refractivity contribution < 1.29 is 9.47 Å². The van der Waals surface area contributed by atoms with Gasteiger partial charge < -0.3 is 9.47 Å². The number of ether oxygens (including phenoxy) is 2. The zero-order chi connectivity index (χ0) is 26.3. The van der Waals surface area contributed by atoms with Crippen molar-refractivity contribution in [2.75, 3.05) is 27.4 Å². The Morgan fingerprint density at radius 1 is 0.974 bits per heavy atom. The van der Waals surface area contributed by atoms with Gasteiger partial charge in [-0.15, -0.1) is 0 Å². The molecule has 0 spiro atoms. The second-order valence-corrected chi connectivity index (χ2v) is 11.3. The van der Waals surface area contributed by atoms with Crippen molar-refractivity contribution in [3.8, 4) is 5.88 Å². The summed E-state index contributed by atoms with van der Waals surface area (Å²) in [7, 11) is 3.79. The minimum atomic E-state index is -0.671. The molecule has 1 fully saturated rings. The Kier molecular flexibility index (Phi) is 6.87. The first kappa shape index (κ1) is 25.3. The van der Waals surface area contributed by atoms with E-state index in [0.717, 1.165) is 39.5 Å². The van der Waals surface area contributed by atoms with Crippen LogP contribution >= 0.6 is 27.5 Å². The Bertz CT molecular complexity index is 1610. The molecular weight excluding hydrogens is 560 g/mol. The molecule has 0 saturated carbocycles. The number of nitrogens with zero attached hydrogens (tertiary/aromatic N) is 2. The number of rotatable bonds is 5. The van der Waals surface area contributed by atoms with E-state index in [4.69, 9.17) is 26.1 Å². The number of hydrogen-bond acceptors (Lipinski definition) is 4. The molecule has 4 nitrogen and oxygen atoms in total. The minimum Gasteiger partial charge on any atom is -0.481 e. The van der Waals surface area contributed by atoms with Crippen LogP contribution in [0.25, 0.3) is 21.7 Å². The molecule has 6 heteroatoms. The molecule has 6 rings (SSSR count). The summed E-state index contributed by atoms with van der Waals surface area (Å²) in [5.41, 5.74) is 3.46. The fourth-order valence-electron chi connectivity index (χ4n) is 5.78. The summed E-state index contributed by atoms with van der Waals surface area (Å²) in [5, 5.41) is 4.11. The SMILES string of the molecule is COc1nc2ccc(Br)cc2cc1[C@@H](c1ccc(Cl)cc1)[C@@]1(c2cccc3ccccc23)CCN(C)CO1. The Morgan fingerprint density at radius 3 is 2.53 bits per heavy atom. The van der Waals surface area contributed by atoms with Gasteiger partial charge in [0.05, 0.1) is 12.6 Å². The van der Waals surface area contributed by atoms with Crippen LogP contribution in [0.3, 0.4) is 0 Å². The summed E-state index contributed by atoms with van der Waals surface area (Å²) in [6.07, 6.45) is 0.796. The van der Waals surface area contributed by atoms with E-state index >= 15 is 0 Å². The standard InChI is InChI=1S/C32H28BrClN2O2/c1-36-17-16-32(38-20-36,28-9-5-7-21-6-3-4-8-26(21)28)30(22-10-13-25(34)14-11-22)27-19-23-18-24(33)12-15-29(23)35-31(27)37-2/h3-15,18-19,30H,16-17,20H2,1-2H3/t30-,32+/m1/s1. The molecule has 1 aromatic heterocycles. The van der Waals surface area contributed by atoms with Crippen molar-refractivity contribution >= 4 is 49.2 Å². The molecule has 4 aromatic carbocycles. The van der Waals surface area contributed by atoms with Gasteiger partial charge in [0.15, 0.2) is 0 Å². The fourth-order valence-corrected chi connectivity index (χ4v) is 6.29. The molecule has 0 unspecified atom stereocenters. The Morgan fingerprint density at radius 2 is 1.76 bits per heavy atom. The fraction of sp³-hybridized carbons (Fsp3) is 0.219. The van der Waals surface area contributed by atoms with E-state index in [0.29, 0.717) is 17.6 Å². The lowest BCUT2D eigenvalue weighted by molar-refractivity contribution is -0.145. The molecule has 0 N–H and O–H groups in total. The van der Waals surface area contributed by atoms with E-state index in [-0.39, 0.29) is 5.92 Å². The lowest BCUT2D eigenvalue weighted by Gasteiger charge is -2.47. The van der Waals surface area contributed by atoms with Gasteiger partial charge in [-0.2, -0.15) is 0 Å². The van der Waals surface area contributed by atoms with Crippen LogP contribution in [0.4, 0.5) is 0 Å². The monoisotopic (exact) mass is 586 g/mol. The molecular formula is C32H28BrClN2O2. The smallest absolute Gasteiger partial charge is 0.217 e. The number of aromatic nitrogens is 1. The molecule has 0 bridgehead atoms. The summed E-state index contributed by atoms with van der Waals surface area (Å²) in [4.78, 5) is 7.18. The van der Waals surface area contributed by atoms with Crippen molar-refractivity contribution in [1.82, 2.24) is 9.88 Å². The maximum absolute atomic E-state index is 7.01. The number of benzene rings is 4. The third kappa shape index (κ3) is 4.48. The number of hydrogen-bond donors (Lipinski definition) is 0. The number of pyridine rings is 1. The summed E-state index contributed by atoms with van der Waals surface area (Å²) in [5.74, 6) is 0.395. The zero-order valence-corrected chi connectivity index (χ0v) is 23.7. The molecule has 38 heavy (non-hydrogen) atoms. The van der Waals surface area contributed by atoms with Crippen LogP contribution in [0, 0.1) is 0 Å². The van der Waals surface area contributed by atoms with Crippen LogP contribution in [0.5, 0.6) is 5.88 Å². The highest BCUT2D eigenvalue weighted by Crippen LogP contribution is 2.52. The molecule has 0 amide bonds. The lowest BCUT2D eigenvalue weighted by atomic mass is 9.70. The van der Waals surface area contributed by atoms with Crippen LogP contribution < -0.4 is 4.74 Å². The highest BCUT2D eigenvalue weighted by Gasteiger charge is 2.47. The van der Waals surface area contributed by atoms with Crippen LogP contribution in [-0.2, 0) is 10.3 Å². The largest absolute Gasteiger partial charge is 0.481 e. The summed E-state index contributed by atoms with van der Waals surface area (Å²) < 4.78 is 14.0. The second kappa shape index (κ2) is 10.3. The minimum absolute atomic E-state index is 0.204. The molecule has 0 radical (unpaired) electrons. The first-order chi connectivity index (χ1) is 18.5. The predicted octanol–water partition coefficient (Wildman–Crippen LogP) is 8.15. The molecule has 1 aliphatic rings. The molecule has 0 aliphatic carbocycles. The van der Waals surface area contributed by atoms with Gasteiger partial charge in [-0.05, 0) is 71.8 Å². The van der Waals surface area contributed by atoms with E-state index in [1.54, 1.807) is 7.11 Å². The van der Waals surface area contributed by atoms with Gasteiger partial charge in [0.25, 0.3) is 0 Å². The van der Waals surface area contributed by atoms with Gasteiger partial charge in [-0.1, -0.05) is 82.1 Å². The van der Waals surface area contributed by atoms with E-state index < -0.39 is 5.60 Å². The zero-order valence-electron chi connectivity index (χ0n) is 21.3. The lowest BCUT2D eigenvalue weighted by Crippen LogP contribution is -2.47. The molecule has 192 valence electrons. The Hall–Kier alpha value is -2.96. The maximum atomic E-state index is 7.01. The molecule has 2 heterocycles. The van der Waals surface area contributed by atoms with Gasteiger partial charge in [0, 0.05) is 32.9 Å². The maximum Gasteiger partial charge on any atom is 0.217 e. The normalized spacial score (nSPS) is 19.1. The third-order valence-corrected chi connectivity index (χ3v) is 8.34. The van der Waals surface area contributed by atoms with Gasteiger partial charge in [0.1, 0.15) is 12.3 Å². The van der Waals surface area contributed by atoms with Crippen molar-refractivity contribution in [2.24, 2.45) is 0 Å². The molecule has 1 saturated heterocycles. The Balaban J connectivity index is 1.69. The number of methoxy groups -OCH3 is 1. The van der Waals surface area contributed by atoms with Gasteiger partial charge >= 0.3 is 0 Å². The Labute approximate surface area is 236 Å². The second-order valence-electron chi connectivity index (χ2n) is 9.93. The highest BCUT2D eigenvalue weighted by molar-refractivity contribution is 9.10. The van der Waals surface area contributed by atoms with Crippen molar-refractivity contribution in [3.63, 3.8) is 0 Å². The molecule has 1 aliphatic heterocycles. The summed E-state index contributed by atoms with van der Waals surface area (Å²) >= 11 is 10.0. The number of halogens is 2. The topological polar surface area (TPSA) is 34.6 Å². The average molecular weight is 588 g/mol. The van der Waals surface area contributed by atoms with Crippen molar-refractivity contribution in [3.05, 3.63) is 117 Å². The van der Waals surface area contributed by atoms with Crippen LogP contribution in [0.15, 0.2) is 95.5 Å². The average Bonchev–Trinajstić information content (AvgIpc) is 2.94. The van der Waals surface area contributed by atoms with Crippen LogP contribution in [0.2, 0.25) is 5.02 Å². The van der Waals surface area contributed by atoms with Crippen molar-refractivity contribution in [1.29, 1.82) is 0 Å². The first-order valence-electron chi connectivity index (χ1n) is 12.7. The van der Waals surface area contributed by atoms with Crippen molar-refractivity contribution in [2.45, 2.75) is 17.9 Å². The summed E-state index contributed by atoms with van der Waals surface area (Å²) in [6.45, 7) is 1.41. The first-order valence-corrected chi connectivity index (χ1v) is 13.9. The van der Waals surface area contributed by atoms with E-state index in [1.807, 2.05) is 24.3 Å². The van der Waals surface area contributed by atoms with Gasteiger partial charge in [0.2, 0.25) is 5.88 Å². The van der Waals surface area contributed by atoms with Gasteiger partial charge in [-0.25, -0.2) is 4.98 Å². The summed E-state index contributed by atoms with van der Waals surface area (Å²) in [6, 6.07) is 31.5. The van der Waals surface area contributed by atoms with Crippen LogP contribution in [0.1, 0.15) is 29.0 Å². The van der Waals surface area contributed by atoms with E-state index in [9.17, 15) is 0 Å². The van der Waals surface area contributed by atoms with E-state index in [2.05, 4.69) is 94.6 Å². The van der Waals surface area contributed by atoms with Gasteiger partial charge in [-0.3, -0.25) is 4.90 Å². The molecule has 2 atom stereocenters. The molecule has 5 aromatic rings. The van der Waals surface area contributed by atoms with E-state index in [1.165, 1.54) is 16.3 Å². The van der Waals surface area contributed by atoms with Crippen LogP contribution in [-0.4, -0.2) is 37.3 Å². The third-order valence-electron chi connectivity index (χ3n) is 7.60. The number of fused-ring (bicyclic) bond motifs is 2. The predicted molar refractivity (Wildman–Crippen MR) is 158 cm³/mol.